The molecule has 0 saturated heterocycles. The van der Waals surface area contributed by atoms with Gasteiger partial charge in [0.1, 0.15) is 6.10 Å². The maximum absolute atomic E-state index is 12.5. The lowest BCUT2D eigenvalue weighted by Gasteiger charge is -2.20. The second-order valence-corrected chi connectivity index (χ2v) is 3.34. The van der Waals surface area contributed by atoms with Crippen molar-refractivity contribution in [2.75, 3.05) is 27.0 Å². The van der Waals surface area contributed by atoms with Gasteiger partial charge in [0.15, 0.2) is 6.67 Å². The van der Waals surface area contributed by atoms with Crippen LogP contribution < -0.4 is 0 Å². The number of alkyl halides is 3. The van der Waals surface area contributed by atoms with Gasteiger partial charge in [0, 0.05) is 12.7 Å². The van der Waals surface area contributed by atoms with Gasteiger partial charge in [0.25, 0.3) is 0 Å². The number of ether oxygens (including phenoxy) is 3. The maximum atomic E-state index is 12.5. The van der Waals surface area contributed by atoms with Crippen molar-refractivity contribution >= 4 is 5.97 Å². The molecule has 0 N–H and O–H groups in total. The van der Waals surface area contributed by atoms with Crippen LogP contribution in [0.2, 0.25) is 0 Å². The Kier molecular flexibility index (Phi) is 6.82. The number of hydrogen-bond acceptors (Lipinski definition) is 4. The highest BCUT2D eigenvalue weighted by atomic mass is 19.3. The van der Waals surface area contributed by atoms with Crippen molar-refractivity contribution < 1.29 is 32.2 Å². The minimum atomic E-state index is -3.89. The summed E-state index contributed by atoms with van der Waals surface area (Å²) in [7, 11) is 1.30. The predicted molar refractivity (Wildman–Crippen MR) is 53.4 cm³/mol. The summed E-state index contributed by atoms with van der Waals surface area (Å²) in [5.74, 6) is -0.751. The van der Waals surface area contributed by atoms with Gasteiger partial charge in [-0.3, -0.25) is 0 Å². The van der Waals surface area contributed by atoms with Crippen molar-refractivity contribution in [3.8, 4) is 0 Å². The quantitative estimate of drug-likeness (QED) is 0.490. The Bertz CT molecular complexity index is 268. The van der Waals surface area contributed by atoms with E-state index in [4.69, 9.17) is 4.74 Å². The summed E-state index contributed by atoms with van der Waals surface area (Å²) in [6.07, 6.45) is -4.93. The zero-order chi connectivity index (χ0) is 13.5. The zero-order valence-electron chi connectivity index (χ0n) is 9.67. The minimum absolute atomic E-state index is 0.114. The van der Waals surface area contributed by atoms with Gasteiger partial charge < -0.3 is 14.2 Å². The van der Waals surface area contributed by atoms with Crippen molar-refractivity contribution in [3.05, 3.63) is 12.2 Å². The molecule has 1 atom stereocenters. The standard InChI is InChI=1S/C10H15F3O4/c1-7(2)9(14)17-8(4-15-3)5-16-10(12,13)6-11/h8H,1,4-6H2,2-3H3. The third-order valence-corrected chi connectivity index (χ3v) is 1.61. The van der Waals surface area contributed by atoms with Gasteiger partial charge in [-0.2, -0.15) is 8.78 Å². The van der Waals surface area contributed by atoms with E-state index in [0.29, 0.717) is 0 Å². The first-order valence-corrected chi connectivity index (χ1v) is 4.75. The molecule has 100 valence electrons. The van der Waals surface area contributed by atoms with E-state index in [2.05, 4.69) is 16.1 Å². The van der Waals surface area contributed by atoms with Crippen LogP contribution in [0.15, 0.2) is 12.2 Å². The molecular weight excluding hydrogens is 241 g/mol. The third-order valence-electron chi connectivity index (χ3n) is 1.61. The molecule has 0 spiro atoms. The van der Waals surface area contributed by atoms with Crippen molar-refractivity contribution in [3.63, 3.8) is 0 Å². The monoisotopic (exact) mass is 256 g/mol. The van der Waals surface area contributed by atoms with Crippen LogP contribution in [-0.4, -0.2) is 45.2 Å². The molecule has 7 heteroatoms. The van der Waals surface area contributed by atoms with Crippen molar-refractivity contribution in [2.45, 2.75) is 19.1 Å². The normalized spacial score (nSPS) is 13.2. The first-order chi connectivity index (χ1) is 7.82. The van der Waals surface area contributed by atoms with E-state index in [1.807, 2.05) is 0 Å². The largest absolute Gasteiger partial charge is 0.454 e. The van der Waals surface area contributed by atoms with Crippen LogP contribution in [0.3, 0.4) is 0 Å². The summed E-state index contributed by atoms with van der Waals surface area (Å²) >= 11 is 0. The Morgan fingerprint density at radius 2 is 2.00 bits per heavy atom. The van der Waals surface area contributed by atoms with Gasteiger partial charge in [-0.15, -0.1) is 0 Å². The van der Waals surface area contributed by atoms with E-state index >= 15 is 0 Å². The molecule has 17 heavy (non-hydrogen) atoms. The van der Waals surface area contributed by atoms with E-state index in [9.17, 15) is 18.0 Å². The van der Waals surface area contributed by atoms with Gasteiger partial charge >= 0.3 is 12.1 Å². The topological polar surface area (TPSA) is 44.8 Å². The van der Waals surface area contributed by atoms with E-state index < -0.39 is 31.5 Å². The average molecular weight is 256 g/mol. The molecule has 1 unspecified atom stereocenters. The summed E-state index contributed by atoms with van der Waals surface area (Å²) in [6, 6.07) is 0. The van der Waals surface area contributed by atoms with Crippen LogP contribution in [0.1, 0.15) is 6.92 Å². The molecule has 0 heterocycles. The van der Waals surface area contributed by atoms with Gasteiger partial charge in [-0.1, -0.05) is 6.58 Å². The number of hydrogen-bond donors (Lipinski definition) is 0. The molecule has 0 amide bonds. The summed E-state index contributed by atoms with van der Waals surface area (Å²) < 4.78 is 50.1. The summed E-state index contributed by atoms with van der Waals surface area (Å²) in [4.78, 5) is 11.1. The fourth-order valence-electron chi connectivity index (χ4n) is 0.807. The average Bonchev–Trinajstić information content (AvgIpc) is 2.26. The lowest BCUT2D eigenvalue weighted by atomic mass is 10.3. The molecule has 0 aliphatic carbocycles. The van der Waals surface area contributed by atoms with E-state index in [-0.39, 0.29) is 12.2 Å². The number of esters is 1. The van der Waals surface area contributed by atoms with Crippen molar-refractivity contribution in [1.29, 1.82) is 0 Å². The Morgan fingerprint density at radius 3 is 2.41 bits per heavy atom. The van der Waals surface area contributed by atoms with Crippen molar-refractivity contribution in [2.24, 2.45) is 0 Å². The molecular formula is C10H15F3O4. The van der Waals surface area contributed by atoms with Crippen LogP contribution in [0, 0.1) is 0 Å². The zero-order valence-corrected chi connectivity index (χ0v) is 9.67. The molecule has 0 fully saturated rings. The van der Waals surface area contributed by atoms with Crippen LogP contribution in [-0.2, 0) is 19.0 Å². The predicted octanol–water partition coefficient (Wildman–Crippen LogP) is 1.70. The number of carbonyl (C=O) groups is 1. The van der Waals surface area contributed by atoms with Crippen LogP contribution in [0.25, 0.3) is 0 Å². The first kappa shape index (κ1) is 15.9. The summed E-state index contributed by atoms with van der Waals surface area (Å²) in [5, 5.41) is 0. The molecule has 0 aromatic carbocycles. The molecule has 0 saturated carbocycles. The smallest absolute Gasteiger partial charge is 0.384 e. The highest BCUT2D eigenvalue weighted by Gasteiger charge is 2.32. The molecule has 0 aromatic rings. The Morgan fingerprint density at radius 1 is 1.41 bits per heavy atom. The Hall–Kier alpha value is -1.08. The highest BCUT2D eigenvalue weighted by molar-refractivity contribution is 5.87. The highest BCUT2D eigenvalue weighted by Crippen LogP contribution is 2.16. The number of rotatable bonds is 8. The van der Waals surface area contributed by atoms with Gasteiger partial charge in [-0.25, -0.2) is 9.18 Å². The fourth-order valence-corrected chi connectivity index (χ4v) is 0.807. The minimum Gasteiger partial charge on any atom is -0.454 e. The van der Waals surface area contributed by atoms with Gasteiger partial charge in [-0.05, 0) is 6.92 Å². The van der Waals surface area contributed by atoms with Crippen LogP contribution in [0.5, 0.6) is 0 Å². The second-order valence-electron chi connectivity index (χ2n) is 3.34. The van der Waals surface area contributed by atoms with Crippen LogP contribution >= 0.6 is 0 Å². The third kappa shape index (κ3) is 6.96. The van der Waals surface area contributed by atoms with Gasteiger partial charge in [0.05, 0.1) is 13.2 Å². The maximum Gasteiger partial charge on any atom is 0.384 e. The Balaban J connectivity index is 4.24. The van der Waals surface area contributed by atoms with E-state index in [1.165, 1.54) is 14.0 Å². The van der Waals surface area contributed by atoms with E-state index in [1.54, 1.807) is 0 Å². The molecule has 0 aliphatic rings. The molecule has 0 bridgehead atoms. The number of halogens is 3. The fraction of sp³-hybridized carbons (Fsp3) is 0.700. The SMILES string of the molecule is C=C(C)C(=O)OC(COC)COC(F)(F)CF. The summed E-state index contributed by atoms with van der Waals surface area (Å²) in [6.45, 7) is 1.99. The molecule has 0 rings (SSSR count). The number of carbonyl (C=O) groups excluding carboxylic acids is 1. The lowest BCUT2D eigenvalue weighted by molar-refractivity contribution is -0.258. The van der Waals surface area contributed by atoms with Crippen LogP contribution in [0.4, 0.5) is 13.2 Å². The van der Waals surface area contributed by atoms with Gasteiger partial charge in [0.2, 0.25) is 0 Å². The second kappa shape index (κ2) is 7.29. The molecule has 0 aromatic heterocycles. The number of methoxy groups -OCH3 is 1. The van der Waals surface area contributed by atoms with E-state index in [0.717, 1.165) is 0 Å². The molecule has 0 aliphatic heterocycles. The summed E-state index contributed by atoms with van der Waals surface area (Å²) in [5.41, 5.74) is 0.114. The molecule has 0 radical (unpaired) electrons. The molecule has 4 nitrogen and oxygen atoms in total. The lowest BCUT2D eigenvalue weighted by Crippen LogP contribution is -2.34. The van der Waals surface area contributed by atoms with Crippen molar-refractivity contribution in [1.82, 2.24) is 0 Å². The Labute approximate surface area is 97.3 Å². The first-order valence-electron chi connectivity index (χ1n) is 4.75.